The first-order valence-electron chi connectivity index (χ1n) is 9.40. The number of hydrogen-bond acceptors (Lipinski definition) is 8. The molecule has 4 heterocycles. The van der Waals surface area contributed by atoms with Crippen LogP contribution in [0.4, 0.5) is 5.69 Å². The van der Waals surface area contributed by atoms with Crippen LogP contribution in [0.3, 0.4) is 0 Å². The second kappa shape index (κ2) is 7.90. The summed E-state index contributed by atoms with van der Waals surface area (Å²) in [6.45, 7) is 5.23. The van der Waals surface area contributed by atoms with Gasteiger partial charge in [-0.05, 0) is 24.3 Å². The molecule has 0 bridgehead atoms. The number of nitrogens with zero attached hydrogens (tertiary/aromatic N) is 6. The smallest absolute Gasteiger partial charge is 0.128 e. The van der Waals surface area contributed by atoms with Crippen molar-refractivity contribution in [3.8, 4) is 10.6 Å². The van der Waals surface area contributed by atoms with Crippen molar-refractivity contribution >= 4 is 39.8 Å². The Balaban J connectivity index is 1.17. The van der Waals surface area contributed by atoms with Crippen LogP contribution in [0.25, 0.3) is 21.6 Å². The molecule has 0 saturated carbocycles. The summed E-state index contributed by atoms with van der Waals surface area (Å²) in [5.74, 6) is 0. The van der Waals surface area contributed by atoms with Gasteiger partial charge in [-0.1, -0.05) is 6.07 Å². The summed E-state index contributed by atoms with van der Waals surface area (Å²) < 4.78 is 8.84. The molecule has 8 heteroatoms. The number of piperazine rings is 1. The lowest BCUT2D eigenvalue weighted by molar-refractivity contribution is 0.260. The van der Waals surface area contributed by atoms with Crippen LogP contribution < -0.4 is 4.90 Å². The Morgan fingerprint density at radius 1 is 0.964 bits per heavy atom. The lowest BCUT2D eigenvalue weighted by atomic mass is 10.2. The van der Waals surface area contributed by atoms with Crippen LogP contribution >= 0.6 is 23.1 Å². The van der Waals surface area contributed by atoms with Gasteiger partial charge in [0.1, 0.15) is 16.0 Å². The fourth-order valence-corrected chi connectivity index (χ4v) is 4.99. The Bertz CT molecular complexity index is 1050. The normalized spacial score (nSPS) is 15.4. The number of hydrogen-bond donors (Lipinski definition) is 0. The van der Waals surface area contributed by atoms with Crippen molar-refractivity contribution in [1.82, 2.24) is 23.6 Å². The molecule has 6 nitrogen and oxygen atoms in total. The molecule has 1 aromatic carbocycles. The van der Waals surface area contributed by atoms with Gasteiger partial charge in [-0.25, -0.2) is 4.98 Å². The number of aromatic nitrogens is 4. The monoisotopic (exact) mass is 408 g/mol. The van der Waals surface area contributed by atoms with Gasteiger partial charge in [-0.2, -0.15) is 8.75 Å². The predicted molar refractivity (Wildman–Crippen MR) is 115 cm³/mol. The third kappa shape index (κ3) is 3.63. The molecule has 142 valence electrons. The maximum Gasteiger partial charge on any atom is 0.128 e. The minimum absolute atomic E-state index is 0.993. The van der Waals surface area contributed by atoms with Gasteiger partial charge in [0.2, 0.25) is 0 Å². The molecule has 1 aliphatic heterocycles. The van der Waals surface area contributed by atoms with Crippen LogP contribution in [0.1, 0.15) is 5.69 Å². The topological polar surface area (TPSA) is 58.0 Å². The molecule has 1 saturated heterocycles. The highest BCUT2D eigenvalue weighted by molar-refractivity contribution is 7.13. The molecule has 3 aromatic heterocycles. The maximum absolute atomic E-state index is 4.80. The van der Waals surface area contributed by atoms with Gasteiger partial charge in [0.05, 0.1) is 23.1 Å². The van der Waals surface area contributed by atoms with E-state index in [0.717, 1.165) is 60.7 Å². The summed E-state index contributed by atoms with van der Waals surface area (Å²) in [6, 6.07) is 10.3. The van der Waals surface area contributed by atoms with Crippen molar-refractivity contribution in [3.63, 3.8) is 0 Å². The highest BCUT2D eigenvalue weighted by Crippen LogP contribution is 2.26. The molecule has 0 amide bonds. The Morgan fingerprint density at radius 3 is 2.68 bits per heavy atom. The van der Waals surface area contributed by atoms with Gasteiger partial charge in [0.25, 0.3) is 0 Å². The first-order chi connectivity index (χ1) is 13.9. The third-order valence-corrected chi connectivity index (χ3v) is 6.62. The molecule has 28 heavy (non-hydrogen) atoms. The fourth-order valence-electron chi connectivity index (χ4n) is 3.58. The van der Waals surface area contributed by atoms with Crippen molar-refractivity contribution in [2.75, 3.05) is 37.6 Å². The standard InChI is InChI=1S/C20H20N6S2/c1-2-17-19(24-28-23-17)18(3-1)26-12-10-25(11-13-26)9-6-16-14-27-20(22-16)15-4-7-21-8-5-15/h1-5,7-8,14H,6,9-13H2. The highest BCUT2D eigenvalue weighted by atomic mass is 32.1. The summed E-state index contributed by atoms with van der Waals surface area (Å²) in [7, 11) is 0. The molecule has 0 unspecified atom stereocenters. The quantitative estimate of drug-likeness (QED) is 0.503. The number of thiazole rings is 1. The lowest BCUT2D eigenvalue weighted by Crippen LogP contribution is -2.47. The van der Waals surface area contributed by atoms with Crippen molar-refractivity contribution < 1.29 is 0 Å². The van der Waals surface area contributed by atoms with E-state index in [1.807, 2.05) is 30.6 Å². The van der Waals surface area contributed by atoms with Crippen molar-refractivity contribution in [3.05, 3.63) is 53.8 Å². The number of fused-ring (bicyclic) bond motifs is 1. The first kappa shape index (κ1) is 17.7. The average molecular weight is 409 g/mol. The second-order valence-electron chi connectivity index (χ2n) is 6.87. The average Bonchev–Trinajstić information content (AvgIpc) is 3.43. The second-order valence-corrected chi connectivity index (χ2v) is 8.25. The zero-order chi connectivity index (χ0) is 18.8. The number of rotatable bonds is 5. The largest absolute Gasteiger partial charge is 0.367 e. The van der Waals surface area contributed by atoms with E-state index in [-0.39, 0.29) is 0 Å². The minimum atomic E-state index is 0.993. The Kier molecular flexibility index (Phi) is 4.99. The van der Waals surface area contributed by atoms with E-state index in [1.165, 1.54) is 23.1 Å². The lowest BCUT2D eigenvalue weighted by Gasteiger charge is -2.36. The van der Waals surface area contributed by atoms with E-state index in [9.17, 15) is 0 Å². The van der Waals surface area contributed by atoms with E-state index >= 15 is 0 Å². The first-order valence-corrected chi connectivity index (χ1v) is 11.0. The SMILES string of the molecule is c1cc(N2CCN(CCc3csc(-c4ccncc4)n3)CC2)c2nsnc2c1. The molecule has 0 N–H and O–H groups in total. The fraction of sp³-hybridized carbons (Fsp3) is 0.300. The Morgan fingerprint density at radius 2 is 1.82 bits per heavy atom. The summed E-state index contributed by atoms with van der Waals surface area (Å²) in [6.07, 6.45) is 4.63. The van der Waals surface area contributed by atoms with Crippen LogP contribution in [-0.2, 0) is 6.42 Å². The van der Waals surface area contributed by atoms with Crippen molar-refractivity contribution in [1.29, 1.82) is 0 Å². The van der Waals surface area contributed by atoms with Gasteiger partial charge in [-0.3, -0.25) is 9.88 Å². The zero-order valence-electron chi connectivity index (χ0n) is 15.4. The van der Waals surface area contributed by atoms with E-state index in [4.69, 9.17) is 4.98 Å². The summed E-state index contributed by atoms with van der Waals surface area (Å²) in [5, 5.41) is 3.26. The van der Waals surface area contributed by atoms with Gasteiger partial charge in [0.15, 0.2) is 0 Å². The molecule has 5 rings (SSSR count). The predicted octanol–water partition coefficient (Wildman–Crippen LogP) is 3.57. The Hall–Kier alpha value is -2.42. The molecule has 1 aliphatic rings. The number of anilines is 1. The van der Waals surface area contributed by atoms with Gasteiger partial charge in [0, 0.05) is 62.5 Å². The molecule has 0 radical (unpaired) electrons. The van der Waals surface area contributed by atoms with Crippen LogP contribution in [0.5, 0.6) is 0 Å². The summed E-state index contributed by atoms with van der Waals surface area (Å²) in [4.78, 5) is 13.8. The zero-order valence-corrected chi connectivity index (χ0v) is 17.0. The highest BCUT2D eigenvalue weighted by Gasteiger charge is 2.20. The van der Waals surface area contributed by atoms with Gasteiger partial charge >= 0.3 is 0 Å². The third-order valence-electron chi connectivity index (χ3n) is 5.14. The summed E-state index contributed by atoms with van der Waals surface area (Å²) in [5.41, 5.74) is 5.57. The molecule has 0 spiro atoms. The molecule has 0 atom stereocenters. The van der Waals surface area contributed by atoms with E-state index in [0.29, 0.717) is 0 Å². The molecule has 1 fully saturated rings. The van der Waals surface area contributed by atoms with Crippen LogP contribution in [0, 0.1) is 0 Å². The number of pyridine rings is 1. The van der Waals surface area contributed by atoms with Gasteiger partial charge < -0.3 is 4.90 Å². The van der Waals surface area contributed by atoms with Crippen molar-refractivity contribution in [2.45, 2.75) is 6.42 Å². The van der Waals surface area contributed by atoms with Crippen LogP contribution in [-0.4, -0.2) is 56.3 Å². The number of benzene rings is 1. The molecular formula is C20H20N6S2. The maximum atomic E-state index is 4.80. The Labute approximate surface area is 171 Å². The van der Waals surface area contributed by atoms with Crippen LogP contribution in [0.15, 0.2) is 48.1 Å². The summed E-state index contributed by atoms with van der Waals surface area (Å²) >= 11 is 3.00. The van der Waals surface area contributed by atoms with E-state index in [2.05, 4.69) is 41.0 Å². The van der Waals surface area contributed by atoms with E-state index < -0.39 is 0 Å². The van der Waals surface area contributed by atoms with Crippen LogP contribution in [0.2, 0.25) is 0 Å². The van der Waals surface area contributed by atoms with E-state index in [1.54, 1.807) is 11.3 Å². The molecule has 0 aliphatic carbocycles. The minimum Gasteiger partial charge on any atom is -0.367 e. The van der Waals surface area contributed by atoms with Crippen molar-refractivity contribution in [2.24, 2.45) is 0 Å². The molecular weight excluding hydrogens is 388 g/mol. The van der Waals surface area contributed by atoms with Gasteiger partial charge in [-0.15, -0.1) is 11.3 Å². The molecule has 4 aromatic rings.